The van der Waals surface area contributed by atoms with E-state index in [1.165, 1.54) is 130 Å². The van der Waals surface area contributed by atoms with E-state index in [0.717, 1.165) is 0 Å². The van der Waals surface area contributed by atoms with Gasteiger partial charge in [0.25, 0.3) is 0 Å². The standard InChI is InChI=1S/C50H30/c1-27-11-3-5-15-32(27)45-41-26-39-35-18-8-7-17-34(35)36-19-10-20-37(44(36)39)47(41)48(33-16-6-4-12-28(33)2)49-38-24-23-30-22-21-29-13-9-14-31-25-40(50(45)49)46(38)43(30)42(29)31/h3-26H,1-2H3. The highest BCUT2D eigenvalue weighted by molar-refractivity contribution is 6.47. The van der Waals surface area contributed by atoms with Gasteiger partial charge >= 0.3 is 0 Å². The van der Waals surface area contributed by atoms with Crippen LogP contribution >= 0.6 is 0 Å². The maximum Gasteiger partial charge on any atom is -0.000708 e. The summed E-state index contributed by atoms with van der Waals surface area (Å²) in [6, 6.07) is 55.3. The number of fused-ring (bicyclic) bond motifs is 8. The Labute approximate surface area is 288 Å². The fourth-order valence-corrected chi connectivity index (χ4v) is 9.90. The van der Waals surface area contributed by atoms with Crippen molar-refractivity contribution in [2.24, 2.45) is 0 Å². The molecule has 0 aliphatic carbocycles. The van der Waals surface area contributed by atoms with Crippen molar-refractivity contribution in [3.8, 4) is 22.3 Å². The molecule has 0 aliphatic rings. The van der Waals surface area contributed by atoms with Crippen LogP contribution in [0.3, 0.4) is 0 Å². The van der Waals surface area contributed by atoms with E-state index in [1.807, 2.05) is 0 Å². The van der Waals surface area contributed by atoms with Crippen LogP contribution in [0.4, 0.5) is 0 Å². The monoisotopic (exact) mass is 630 g/mol. The Bertz CT molecular complexity index is 3380. The first-order chi connectivity index (χ1) is 24.7. The zero-order valence-corrected chi connectivity index (χ0v) is 27.9. The lowest BCUT2D eigenvalue weighted by Crippen LogP contribution is -1.93. The van der Waals surface area contributed by atoms with E-state index in [-0.39, 0.29) is 0 Å². The SMILES string of the molecule is Cc1ccccc1-c1c2cc3c4ccccc4c4cccc(c2c(-c2ccccc2C)c2c5ccc6ccc7cccc8cc(c12)c5c6c78)c43. The molecule has 0 spiro atoms. The summed E-state index contributed by atoms with van der Waals surface area (Å²) in [5.74, 6) is 0. The molecule has 0 unspecified atom stereocenters. The summed E-state index contributed by atoms with van der Waals surface area (Å²) in [6.07, 6.45) is 0. The minimum absolute atomic E-state index is 1.30. The van der Waals surface area contributed by atoms with Gasteiger partial charge in [0.15, 0.2) is 0 Å². The molecule has 0 N–H and O–H groups in total. The highest BCUT2D eigenvalue weighted by atomic mass is 14.3. The predicted molar refractivity (Wildman–Crippen MR) is 218 cm³/mol. The highest BCUT2D eigenvalue weighted by Gasteiger charge is 2.28. The topological polar surface area (TPSA) is 0 Å². The Morgan fingerprint density at radius 1 is 0.260 bits per heavy atom. The molecule has 12 aromatic rings. The third kappa shape index (κ3) is 3.14. The van der Waals surface area contributed by atoms with Gasteiger partial charge in [0.2, 0.25) is 0 Å². The van der Waals surface area contributed by atoms with Crippen molar-refractivity contribution in [3.63, 3.8) is 0 Å². The molecule has 12 rings (SSSR count). The molecule has 0 fully saturated rings. The molecule has 230 valence electrons. The summed E-state index contributed by atoms with van der Waals surface area (Å²) in [5.41, 5.74) is 7.91. The van der Waals surface area contributed by atoms with E-state index in [9.17, 15) is 0 Å². The predicted octanol–water partition coefficient (Wildman–Crippen LogP) is 14.3. The molecule has 50 heavy (non-hydrogen) atoms. The highest BCUT2D eigenvalue weighted by Crippen LogP contribution is 2.56. The van der Waals surface area contributed by atoms with Crippen molar-refractivity contribution >= 4 is 97.0 Å². The van der Waals surface area contributed by atoms with Crippen molar-refractivity contribution in [2.75, 3.05) is 0 Å². The molecule has 0 bridgehead atoms. The van der Waals surface area contributed by atoms with Crippen LogP contribution in [0.2, 0.25) is 0 Å². The van der Waals surface area contributed by atoms with Gasteiger partial charge in [0, 0.05) is 0 Å². The van der Waals surface area contributed by atoms with Crippen molar-refractivity contribution in [1.29, 1.82) is 0 Å². The zero-order chi connectivity index (χ0) is 32.8. The van der Waals surface area contributed by atoms with Crippen LogP contribution in [0, 0.1) is 13.8 Å². The largest absolute Gasteiger partial charge is 0.0620 e. The minimum atomic E-state index is 1.30. The lowest BCUT2D eigenvalue weighted by atomic mass is 9.82. The second-order valence-electron chi connectivity index (χ2n) is 14.4. The molecule has 12 aromatic carbocycles. The van der Waals surface area contributed by atoms with Crippen LogP contribution in [0.15, 0.2) is 146 Å². The normalized spacial score (nSPS) is 12.6. The number of benzene rings is 10. The molecule has 0 atom stereocenters. The fourth-order valence-electron chi connectivity index (χ4n) is 9.90. The third-order valence-corrected chi connectivity index (χ3v) is 11.9. The Morgan fingerprint density at radius 2 is 0.820 bits per heavy atom. The Balaban J connectivity index is 1.49. The van der Waals surface area contributed by atoms with Crippen molar-refractivity contribution in [1.82, 2.24) is 0 Å². The quantitative estimate of drug-likeness (QED) is 0.167. The second kappa shape index (κ2) is 9.26. The summed E-state index contributed by atoms with van der Waals surface area (Å²) in [7, 11) is 0. The molecular weight excluding hydrogens is 601 g/mol. The Kier molecular flexibility index (Phi) is 4.94. The Hall–Kier alpha value is -6.24. The summed E-state index contributed by atoms with van der Waals surface area (Å²) >= 11 is 0. The van der Waals surface area contributed by atoms with E-state index in [0.29, 0.717) is 0 Å². The Morgan fingerprint density at radius 3 is 1.60 bits per heavy atom. The molecule has 0 aliphatic heterocycles. The summed E-state index contributed by atoms with van der Waals surface area (Å²) in [4.78, 5) is 0. The van der Waals surface area contributed by atoms with Gasteiger partial charge in [0.1, 0.15) is 0 Å². The van der Waals surface area contributed by atoms with Gasteiger partial charge < -0.3 is 0 Å². The van der Waals surface area contributed by atoms with E-state index in [2.05, 4.69) is 159 Å². The van der Waals surface area contributed by atoms with Gasteiger partial charge in [-0.1, -0.05) is 133 Å². The fraction of sp³-hybridized carbons (Fsp3) is 0.0400. The van der Waals surface area contributed by atoms with Crippen molar-refractivity contribution in [3.05, 3.63) is 157 Å². The first-order valence-corrected chi connectivity index (χ1v) is 17.7. The van der Waals surface area contributed by atoms with Crippen LogP contribution in [0.1, 0.15) is 11.1 Å². The van der Waals surface area contributed by atoms with E-state index in [1.54, 1.807) is 0 Å². The molecule has 0 nitrogen and oxygen atoms in total. The lowest BCUT2D eigenvalue weighted by Gasteiger charge is -2.20. The minimum Gasteiger partial charge on any atom is -0.0620 e. The third-order valence-electron chi connectivity index (χ3n) is 11.9. The maximum absolute atomic E-state index is 2.55. The van der Waals surface area contributed by atoms with Gasteiger partial charge in [-0.05, 0) is 156 Å². The number of hydrogen-bond donors (Lipinski definition) is 0. The smallest absolute Gasteiger partial charge is 0.000708 e. The van der Waals surface area contributed by atoms with Gasteiger partial charge in [-0.2, -0.15) is 0 Å². The van der Waals surface area contributed by atoms with Crippen LogP contribution < -0.4 is 0 Å². The zero-order valence-electron chi connectivity index (χ0n) is 27.9. The lowest BCUT2D eigenvalue weighted by molar-refractivity contribution is 1.47. The summed E-state index contributed by atoms with van der Waals surface area (Å²) in [5, 5.41) is 24.3. The van der Waals surface area contributed by atoms with Crippen LogP contribution in [0.5, 0.6) is 0 Å². The molecular formula is C50H30. The van der Waals surface area contributed by atoms with Crippen LogP contribution in [-0.2, 0) is 0 Å². The van der Waals surface area contributed by atoms with Gasteiger partial charge in [-0.3, -0.25) is 0 Å². The van der Waals surface area contributed by atoms with Crippen LogP contribution in [-0.4, -0.2) is 0 Å². The van der Waals surface area contributed by atoms with E-state index < -0.39 is 0 Å². The number of aryl methyl sites for hydroxylation is 2. The number of rotatable bonds is 2. The summed E-state index contributed by atoms with van der Waals surface area (Å²) < 4.78 is 0. The van der Waals surface area contributed by atoms with E-state index >= 15 is 0 Å². The van der Waals surface area contributed by atoms with Crippen molar-refractivity contribution in [2.45, 2.75) is 13.8 Å². The molecule has 0 aromatic heterocycles. The molecule has 0 heteroatoms. The molecule has 0 saturated heterocycles. The number of hydrogen-bond acceptors (Lipinski definition) is 0. The maximum atomic E-state index is 2.55. The van der Waals surface area contributed by atoms with E-state index in [4.69, 9.17) is 0 Å². The van der Waals surface area contributed by atoms with Gasteiger partial charge in [0.05, 0.1) is 0 Å². The molecule has 0 radical (unpaired) electrons. The van der Waals surface area contributed by atoms with Crippen molar-refractivity contribution < 1.29 is 0 Å². The first kappa shape index (κ1) is 26.7. The molecule has 0 heterocycles. The van der Waals surface area contributed by atoms with Gasteiger partial charge in [-0.25, -0.2) is 0 Å². The average Bonchev–Trinajstić information content (AvgIpc) is 3.65. The van der Waals surface area contributed by atoms with Gasteiger partial charge in [-0.15, -0.1) is 0 Å². The molecule has 0 saturated carbocycles. The second-order valence-corrected chi connectivity index (χ2v) is 14.4. The average molecular weight is 631 g/mol. The molecule has 0 amide bonds. The van der Waals surface area contributed by atoms with Crippen LogP contribution in [0.25, 0.3) is 119 Å². The summed E-state index contributed by atoms with van der Waals surface area (Å²) in [6.45, 7) is 4.56. The first-order valence-electron chi connectivity index (χ1n) is 17.7.